The standard InChI is InChI=1S/C9H8F5NO2S2/c1-6-2-4-7(5-3-6)19(16,17)15-18-9(13,14)8(10,11)12/h2-5,15H,1H3. The number of halogens is 5. The minimum atomic E-state index is -5.84. The van der Waals surface area contributed by atoms with Gasteiger partial charge in [0.15, 0.2) is 0 Å². The molecule has 0 unspecified atom stereocenters. The van der Waals surface area contributed by atoms with Crippen LogP contribution in [0, 0.1) is 6.92 Å². The highest BCUT2D eigenvalue weighted by Crippen LogP contribution is 2.43. The first kappa shape index (κ1) is 16.2. The molecule has 0 fully saturated rings. The van der Waals surface area contributed by atoms with E-state index >= 15 is 0 Å². The number of sulfonamides is 1. The molecule has 0 aliphatic rings. The lowest BCUT2D eigenvalue weighted by atomic mass is 10.2. The minimum absolute atomic E-state index is 0.399. The zero-order valence-electron chi connectivity index (χ0n) is 9.33. The van der Waals surface area contributed by atoms with Crippen LogP contribution in [0.15, 0.2) is 29.2 Å². The molecule has 1 N–H and O–H groups in total. The Morgan fingerprint density at radius 1 is 1.05 bits per heavy atom. The van der Waals surface area contributed by atoms with Gasteiger partial charge in [0.2, 0.25) is 10.0 Å². The van der Waals surface area contributed by atoms with Gasteiger partial charge < -0.3 is 0 Å². The van der Waals surface area contributed by atoms with Crippen LogP contribution in [0.5, 0.6) is 0 Å². The zero-order chi connectivity index (χ0) is 14.9. The second-order valence-electron chi connectivity index (χ2n) is 3.52. The fourth-order valence-corrected chi connectivity index (χ4v) is 2.78. The molecule has 0 radical (unpaired) electrons. The number of benzene rings is 1. The summed E-state index contributed by atoms with van der Waals surface area (Å²) in [7, 11) is -4.44. The highest BCUT2D eigenvalue weighted by atomic mass is 32.3. The molecule has 3 nitrogen and oxygen atoms in total. The summed E-state index contributed by atoms with van der Waals surface area (Å²) >= 11 is -1.20. The number of alkyl halides is 5. The Balaban J connectivity index is 2.85. The van der Waals surface area contributed by atoms with E-state index in [-0.39, 0.29) is 0 Å². The van der Waals surface area contributed by atoms with Crippen LogP contribution in [-0.2, 0) is 10.0 Å². The molecule has 0 aromatic heterocycles. The first-order chi connectivity index (χ1) is 8.46. The molecule has 1 aromatic carbocycles. The van der Waals surface area contributed by atoms with Crippen LogP contribution in [0.3, 0.4) is 0 Å². The molecule has 0 bridgehead atoms. The molecule has 0 saturated carbocycles. The highest BCUT2D eigenvalue weighted by Gasteiger charge is 2.59. The van der Waals surface area contributed by atoms with Crippen LogP contribution >= 0.6 is 11.9 Å². The molecule has 0 aliphatic heterocycles. The van der Waals surface area contributed by atoms with Crippen molar-refractivity contribution in [2.45, 2.75) is 23.3 Å². The molecule has 0 spiro atoms. The summed E-state index contributed by atoms with van der Waals surface area (Å²) < 4.78 is 84.8. The molecule has 0 atom stereocenters. The highest BCUT2D eigenvalue weighted by molar-refractivity contribution is 8.09. The van der Waals surface area contributed by atoms with Crippen molar-refractivity contribution in [3.8, 4) is 0 Å². The molecule has 1 rings (SSSR count). The Kier molecular flexibility index (Phi) is 4.47. The van der Waals surface area contributed by atoms with E-state index in [9.17, 15) is 30.4 Å². The Morgan fingerprint density at radius 3 is 1.95 bits per heavy atom. The minimum Gasteiger partial charge on any atom is -0.206 e. The van der Waals surface area contributed by atoms with E-state index in [1.807, 2.05) is 0 Å². The van der Waals surface area contributed by atoms with E-state index < -0.39 is 38.3 Å². The third-order valence-electron chi connectivity index (χ3n) is 1.94. The van der Waals surface area contributed by atoms with Crippen molar-refractivity contribution in [1.29, 1.82) is 0 Å². The molecule has 0 saturated heterocycles. The predicted molar refractivity (Wildman–Crippen MR) is 60.1 cm³/mol. The molecule has 10 heteroatoms. The average Bonchev–Trinajstić information content (AvgIpc) is 2.26. The maximum Gasteiger partial charge on any atom is 0.465 e. The Morgan fingerprint density at radius 2 is 1.53 bits per heavy atom. The number of hydrogen-bond donors (Lipinski definition) is 1. The van der Waals surface area contributed by atoms with Crippen molar-refractivity contribution < 1.29 is 30.4 Å². The van der Waals surface area contributed by atoms with Crippen molar-refractivity contribution in [3.05, 3.63) is 29.8 Å². The lowest BCUT2D eigenvalue weighted by molar-refractivity contribution is -0.237. The van der Waals surface area contributed by atoms with Crippen molar-refractivity contribution in [3.63, 3.8) is 0 Å². The van der Waals surface area contributed by atoms with Gasteiger partial charge >= 0.3 is 11.4 Å². The average molecular weight is 321 g/mol. The van der Waals surface area contributed by atoms with Crippen LogP contribution in [0.25, 0.3) is 0 Å². The van der Waals surface area contributed by atoms with Crippen molar-refractivity contribution >= 4 is 22.0 Å². The van der Waals surface area contributed by atoms with Gasteiger partial charge in [0, 0.05) is 11.9 Å². The van der Waals surface area contributed by atoms with Crippen LogP contribution in [0.1, 0.15) is 5.56 Å². The van der Waals surface area contributed by atoms with Gasteiger partial charge in [-0.25, -0.2) is 8.42 Å². The molecule has 1 aromatic rings. The monoisotopic (exact) mass is 321 g/mol. The summed E-state index contributed by atoms with van der Waals surface area (Å²) in [6.45, 7) is 1.66. The van der Waals surface area contributed by atoms with Crippen LogP contribution < -0.4 is 4.13 Å². The third-order valence-corrected chi connectivity index (χ3v) is 4.53. The van der Waals surface area contributed by atoms with Crippen LogP contribution in [0.4, 0.5) is 22.0 Å². The van der Waals surface area contributed by atoms with Gasteiger partial charge in [-0.05, 0) is 19.1 Å². The van der Waals surface area contributed by atoms with E-state index in [0.717, 1.165) is 16.3 Å². The Bertz CT molecular complexity index is 539. The maximum atomic E-state index is 12.6. The lowest BCUT2D eigenvalue weighted by Crippen LogP contribution is -2.36. The van der Waals surface area contributed by atoms with Crippen molar-refractivity contribution in [2.75, 3.05) is 0 Å². The van der Waals surface area contributed by atoms with E-state index in [2.05, 4.69) is 0 Å². The second-order valence-corrected chi connectivity index (χ2v) is 6.38. The van der Waals surface area contributed by atoms with Gasteiger partial charge in [-0.15, -0.1) is 4.13 Å². The summed E-state index contributed by atoms with van der Waals surface area (Å²) in [5.41, 5.74) is 0.715. The van der Waals surface area contributed by atoms with E-state index in [1.165, 1.54) is 12.1 Å². The summed E-state index contributed by atoms with van der Waals surface area (Å²) in [5.74, 6) is 0. The number of rotatable bonds is 4. The van der Waals surface area contributed by atoms with Crippen LogP contribution in [0.2, 0.25) is 0 Å². The first-order valence-corrected chi connectivity index (χ1v) is 6.97. The second kappa shape index (κ2) is 5.25. The van der Waals surface area contributed by atoms with Gasteiger partial charge in [-0.3, -0.25) is 0 Å². The van der Waals surface area contributed by atoms with Gasteiger partial charge in [0.25, 0.3) is 0 Å². The summed E-state index contributed by atoms with van der Waals surface area (Å²) in [5, 5.41) is -5.20. The summed E-state index contributed by atoms with van der Waals surface area (Å²) in [6, 6.07) is 4.98. The topological polar surface area (TPSA) is 46.2 Å². The normalized spacial score (nSPS) is 13.6. The fourth-order valence-electron chi connectivity index (χ4n) is 0.931. The molecule has 108 valence electrons. The number of hydrogen-bond acceptors (Lipinski definition) is 3. The molecule has 19 heavy (non-hydrogen) atoms. The molecule has 0 amide bonds. The van der Waals surface area contributed by atoms with Gasteiger partial charge in [0.1, 0.15) is 0 Å². The predicted octanol–water partition coefficient (Wildman–Crippen LogP) is 3.08. The number of aryl methyl sites for hydroxylation is 1. The van der Waals surface area contributed by atoms with Crippen molar-refractivity contribution in [2.24, 2.45) is 0 Å². The smallest absolute Gasteiger partial charge is 0.206 e. The van der Waals surface area contributed by atoms with E-state index in [4.69, 9.17) is 0 Å². The quantitative estimate of drug-likeness (QED) is 0.685. The molecule has 0 heterocycles. The molecular formula is C9H8F5NO2S2. The first-order valence-electron chi connectivity index (χ1n) is 4.67. The largest absolute Gasteiger partial charge is 0.465 e. The summed E-state index contributed by atoms with van der Waals surface area (Å²) in [6.07, 6.45) is -5.84. The third kappa shape index (κ3) is 4.05. The van der Waals surface area contributed by atoms with E-state index in [0.29, 0.717) is 5.56 Å². The zero-order valence-corrected chi connectivity index (χ0v) is 11.0. The Labute approximate surface area is 110 Å². The van der Waals surface area contributed by atoms with E-state index in [1.54, 1.807) is 6.92 Å². The van der Waals surface area contributed by atoms with Gasteiger partial charge in [-0.1, -0.05) is 17.7 Å². The van der Waals surface area contributed by atoms with Gasteiger partial charge in [0.05, 0.1) is 4.90 Å². The summed E-state index contributed by atoms with van der Waals surface area (Å²) in [4.78, 5) is -0.399. The fraction of sp³-hybridized carbons (Fsp3) is 0.333. The molecular weight excluding hydrogens is 313 g/mol. The van der Waals surface area contributed by atoms with Crippen molar-refractivity contribution in [1.82, 2.24) is 4.13 Å². The van der Waals surface area contributed by atoms with Crippen LogP contribution in [-0.4, -0.2) is 19.8 Å². The number of nitrogens with one attached hydrogen (secondary N) is 1. The maximum absolute atomic E-state index is 12.6. The SMILES string of the molecule is Cc1ccc(S(=O)(=O)NSC(F)(F)C(F)(F)F)cc1. The Hall–Kier alpha value is -0.870. The molecule has 0 aliphatic carbocycles. The van der Waals surface area contributed by atoms with Gasteiger partial charge in [-0.2, -0.15) is 22.0 Å². The lowest BCUT2D eigenvalue weighted by Gasteiger charge is -2.18.